The minimum Gasteiger partial charge on any atom is -0.491 e. The van der Waals surface area contributed by atoms with Crippen molar-refractivity contribution in [3.63, 3.8) is 0 Å². The van der Waals surface area contributed by atoms with E-state index >= 15 is 0 Å². The van der Waals surface area contributed by atoms with E-state index in [9.17, 15) is 9.18 Å². The van der Waals surface area contributed by atoms with Crippen LogP contribution >= 0.6 is 0 Å². The van der Waals surface area contributed by atoms with Crippen molar-refractivity contribution in [2.45, 2.75) is 33.4 Å². The molecule has 0 aromatic heterocycles. The van der Waals surface area contributed by atoms with Crippen molar-refractivity contribution in [3.05, 3.63) is 29.6 Å². The minimum atomic E-state index is -0.408. The van der Waals surface area contributed by atoms with Gasteiger partial charge in [0.15, 0.2) is 11.6 Å². The third-order valence-electron chi connectivity index (χ3n) is 2.46. The highest BCUT2D eigenvalue weighted by Gasteiger charge is 2.06. The van der Waals surface area contributed by atoms with Crippen LogP contribution < -0.4 is 15.4 Å². The molecule has 0 unspecified atom stereocenters. The van der Waals surface area contributed by atoms with E-state index in [4.69, 9.17) is 4.74 Å². The Bertz CT molecular complexity index is 422. The van der Waals surface area contributed by atoms with E-state index in [0.29, 0.717) is 18.7 Å². The molecule has 0 aliphatic heterocycles. The monoisotopic (exact) mass is 268 g/mol. The van der Waals surface area contributed by atoms with E-state index in [1.54, 1.807) is 19.1 Å². The molecule has 1 amide bonds. The van der Waals surface area contributed by atoms with Gasteiger partial charge in [-0.05, 0) is 24.6 Å². The zero-order chi connectivity index (χ0) is 14.3. The highest BCUT2D eigenvalue weighted by molar-refractivity contribution is 5.78. The van der Waals surface area contributed by atoms with Crippen LogP contribution in [0.4, 0.5) is 4.39 Å². The summed E-state index contributed by atoms with van der Waals surface area (Å²) in [4.78, 5) is 11.5. The molecule has 19 heavy (non-hydrogen) atoms. The average molecular weight is 268 g/mol. The molecule has 0 heterocycles. The molecule has 0 fully saturated rings. The Labute approximate surface area is 113 Å². The summed E-state index contributed by atoms with van der Waals surface area (Å²) in [5, 5.41) is 5.74. The quantitative estimate of drug-likeness (QED) is 0.793. The number of carbonyl (C=O) groups is 1. The summed E-state index contributed by atoms with van der Waals surface area (Å²) in [6.07, 6.45) is 0. The Morgan fingerprint density at radius 2 is 2.16 bits per heavy atom. The predicted molar refractivity (Wildman–Crippen MR) is 72.6 cm³/mol. The van der Waals surface area contributed by atoms with E-state index in [1.807, 2.05) is 13.8 Å². The van der Waals surface area contributed by atoms with Crippen LogP contribution in [0.1, 0.15) is 26.3 Å². The Hall–Kier alpha value is -1.62. The predicted octanol–water partition coefficient (Wildman–Crippen LogP) is 1.84. The van der Waals surface area contributed by atoms with Gasteiger partial charge in [-0.3, -0.25) is 4.79 Å². The fourth-order valence-electron chi connectivity index (χ4n) is 1.49. The number of hydrogen-bond donors (Lipinski definition) is 2. The number of halogens is 1. The number of rotatable bonds is 7. The molecule has 1 aromatic carbocycles. The van der Waals surface area contributed by atoms with Crippen LogP contribution in [0.15, 0.2) is 18.2 Å². The second-order valence-corrected chi connectivity index (χ2v) is 4.51. The molecule has 2 N–H and O–H groups in total. The molecule has 1 rings (SSSR count). The van der Waals surface area contributed by atoms with Crippen molar-refractivity contribution < 1.29 is 13.9 Å². The maximum Gasteiger partial charge on any atom is 0.234 e. The zero-order valence-corrected chi connectivity index (χ0v) is 11.6. The molecule has 0 radical (unpaired) electrons. The van der Waals surface area contributed by atoms with Crippen LogP contribution in [0.25, 0.3) is 0 Å². The second kappa shape index (κ2) is 7.74. The zero-order valence-electron chi connectivity index (χ0n) is 11.6. The Morgan fingerprint density at radius 3 is 2.74 bits per heavy atom. The fourth-order valence-corrected chi connectivity index (χ4v) is 1.49. The van der Waals surface area contributed by atoms with Gasteiger partial charge in [0, 0.05) is 12.6 Å². The van der Waals surface area contributed by atoms with Gasteiger partial charge in [0.05, 0.1) is 13.2 Å². The number of benzene rings is 1. The van der Waals surface area contributed by atoms with Crippen molar-refractivity contribution in [2.75, 3.05) is 13.2 Å². The van der Waals surface area contributed by atoms with Gasteiger partial charge in [-0.1, -0.05) is 19.9 Å². The van der Waals surface area contributed by atoms with Gasteiger partial charge in [-0.2, -0.15) is 0 Å². The molecule has 0 saturated carbocycles. The van der Waals surface area contributed by atoms with Crippen molar-refractivity contribution in [1.29, 1.82) is 0 Å². The molecule has 0 spiro atoms. The first kappa shape index (κ1) is 15.4. The first-order valence-corrected chi connectivity index (χ1v) is 6.44. The lowest BCUT2D eigenvalue weighted by atomic mass is 10.2. The summed E-state index contributed by atoms with van der Waals surface area (Å²) in [6, 6.07) is 4.95. The van der Waals surface area contributed by atoms with Gasteiger partial charge in [0.25, 0.3) is 0 Å². The van der Waals surface area contributed by atoms with Gasteiger partial charge in [0.1, 0.15) is 0 Å². The summed E-state index contributed by atoms with van der Waals surface area (Å²) in [5.41, 5.74) is 0.707. The van der Waals surface area contributed by atoms with Gasteiger partial charge < -0.3 is 15.4 Å². The summed E-state index contributed by atoms with van der Waals surface area (Å²) in [7, 11) is 0. The van der Waals surface area contributed by atoms with Crippen molar-refractivity contribution in [1.82, 2.24) is 10.6 Å². The third kappa shape index (κ3) is 5.70. The van der Waals surface area contributed by atoms with Crippen LogP contribution in [0, 0.1) is 5.82 Å². The highest BCUT2D eigenvalue weighted by atomic mass is 19.1. The molecule has 0 aliphatic rings. The molecular weight excluding hydrogens is 247 g/mol. The topological polar surface area (TPSA) is 50.4 Å². The summed E-state index contributed by atoms with van der Waals surface area (Å²) in [5.74, 6) is -0.282. The molecule has 0 aliphatic carbocycles. The average Bonchev–Trinajstić information content (AvgIpc) is 2.37. The van der Waals surface area contributed by atoms with Gasteiger partial charge in [-0.25, -0.2) is 4.39 Å². The first-order chi connectivity index (χ1) is 9.02. The van der Waals surface area contributed by atoms with Crippen molar-refractivity contribution >= 4 is 5.91 Å². The lowest BCUT2D eigenvalue weighted by Crippen LogP contribution is -2.36. The lowest BCUT2D eigenvalue weighted by Gasteiger charge is -2.10. The van der Waals surface area contributed by atoms with Crippen LogP contribution in [0.3, 0.4) is 0 Å². The molecular formula is C14H21FN2O2. The second-order valence-electron chi connectivity index (χ2n) is 4.51. The Balaban J connectivity index is 2.45. The Kier molecular flexibility index (Phi) is 6.29. The SMILES string of the molecule is CCOc1ccc(CNC(=O)CNC(C)C)cc1F. The van der Waals surface area contributed by atoms with E-state index in [0.717, 1.165) is 0 Å². The van der Waals surface area contributed by atoms with Gasteiger partial charge in [-0.15, -0.1) is 0 Å². The maximum absolute atomic E-state index is 13.6. The molecule has 4 nitrogen and oxygen atoms in total. The number of carbonyl (C=O) groups excluding carboxylic acids is 1. The minimum absolute atomic E-state index is 0.108. The standard InChI is InChI=1S/C14H21FN2O2/c1-4-19-13-6-5-11(7-12(13)15)8-17-14(18)9-16-10(2)3/h5-7,10,16H,4,8-9H2,1-3H3,(H,17,18). The first-order valence-electron chi connectivity index (χ1n) is 6.44. The van der Waals surface area contributed by atoms with E-state index in [1.165, 1.54) is 6.07 Å². The summed E-state index contributed by atoms with van der Waals surface area (Å²) in [6.45, 7) is 6.73. The lowest BCUT2D eigenvalue weighted by molar-refractivity contribution is -0.120. The van der Waals surface area contributed by atoms with Crippen molar-refractivity contribution in [2.24, 2.45) is 0 Å². The molecule has 5 heteroatoms. The fraction of sp³-hybridized carbons (Fsp3) is 0.500. The smallest absolute Gasteiger partial charge is 0.234 e. The van der Waals surface area contributed by atoms with E-state index in [2.05, 4.69) is 10.6 Å². The van der Waals surface area contributed by atoms with Gasteiger partial charge >= 0.3 is 0 Å². The number of ether oxygens (including phenoxy) is 1. The van der Waals surface area contributed by atoms with E-state index in [-0.39, 0.29) is 24.2 Å². The molecule has 1 aromatic rings. The normalized spacial score (nSPS) is 10.6. The Morgan fingerprint density at radius 1 is 1.42 bits per heavy atom. The molecule has 0 atom stereocenters. The van der Waals surface area contributed by atoms with Crippen molar-refractivity contribution in [3.8, 4) is 5.75 Å². The summed E-state index contributed by atoms with van der Waals surface area (Å²) < 4.78 is 18.7. The number of nitrogens with one attached hydrogen (secondary N) is 2. The maximum atomic E-state index is 13.6. The largest absolute Gasteiger partial charge is 0.491 e. The summed E-state index contributed by atoms with van der Waals surface area (Å²) >= 11 is 0. The van der Waals surface area contributed by atoms with Crippen LogP contribution in [-0.4, -0.2) is 25.1 Å². The molecule has 0 saturated heterocycles. The highest BCUT2D eigenvalue weighted by Crippen LogP contribution is 2.18. The van der Waals surface area contributed by atoms with Crippen LogP contribution in [0.2, 0.25) is 0 Å². The third-order valence-corrected chi connectivity index (χ3v) is 2.46. The molecule has 106 valence electrons. The number of amides is 1. The van der Waals surface area contributed by atoms with E-state index < -0.39 is 5.82 Å². The van der Waals surface area contributed by atoms with Crippen LogP contribution in [-0.2, 0) is 11.3 Å². The van der Waals surface area contributed by atoms with Gasteiger partial charge in [0.2, 0.25) is 5.91 Å². The van der Waals surface area contributed by atoms with Crippen LogP contribution in [0.5, 0.6) is 5.75 Å². The number of hydrogen-bond acceptors (Lipinski definition) is 3. The molecule has 0 bridgehead atoms.